The van der Waals surface area contributed by atoms with Crippen molar-refractivity contribution in [2.45, 2.75) is 25.2 Å². The Morgan fingerprint density at radius 1 is 1.12 bits per heavy atom. The van der Waals surface area contributed by atoms with Crippen molar-refractivity contribution in [1.82, 2.24) is 4.90 Å². The molecular weight excluding hydrogens is 210 g/mol. The summed E-state index contributed by atoms with van der Waals surface area (Å²) < 4.78 is 0. The maximum Gasteiger partial charge on any atom is 0.0471 e. The zero-order valence-electron chi connectivity index (χ0n) is 10.3. The van der Waals surface area contributed by atoms with E-state index < -0.39 is 0 Å². The fraction of sp³-hybridized carbons (Fsp3) is 0.600. The quantitative estimate of drug-likeness (QED) is 0.860. The van der Waals surface area contributed by atoms with E-state index in [4.69, 9.17) is 5.11 Å². The highest BCUT2D eigenvalue weighted by molar-refractivity contribution is 5.27. The molecular formula is C15H21NO. The maximum absolute atomic E-state index is 8.92. The summed E-state index contributed by atoms with van der Waals surface area (Å²) in [4.78, 5) is 2.60. The first-order valence-electron chi connectivity index (χ1n) is 6.79. The van der Waals surface area contributed by atoms with E-state index in [0.717, 1.165) is 18.3 Å². The first-order chi connectivity index (χ1) is 8.36. The smallest absolute Gasteiger partial charge is 0.0471 e. The third-order valence-electron chi connectivity index (χ3n) is 4.46. The molecule has 92 valence electrons. The minimum Gasteiger partial charge on any atom is -0.396 e. The Morgan fingerprint density at radius 2 is 1.82 bits per heavy atom. The zero-order valence-corrected chi connectivity index (χ0v) is 10.3. The summed E-state index contributed by atoms with van der Waals surface area (Å²) in [5.74, 6) is 1.66. The number of aliphatic hydroxyl groups excluding tert-OH is 1. The molecule has 2 bridgehead atoms. The topological polar surface area (TPSA) is 23.5 Å². The molecule has 1 unspecified atom stereocenters. The van der Waals surface area contributed by atoms with Crippen molar-refractivity contribution in [1.29, 1.82) is 0 Å². The van der Waals surface area contributed by atoms with Gasteiger partial charge >= 0.3 is 0 Å². The summed E-state index contributed by atoms with van der Waals surface area (Å²) in [7, 11) is 0. The van der Waals surface area contributed by atoms with Gasteiger partial charge in [0.25, 0.3) is 0 Å². The van der Waals surface area contributed by atoms with E-state index in [-0.39, 0.29) is 6.61 Å². The monoisotopic (exact) mass is 231 g/mol. The third-order valence-corrected chi connectivity index (χ3v) is 4.46. The van der Waals surface area contributed by atoms with Crippen LogP contribution in [-0.4, -0.2) is 36.2 Å². The molecule has 0 saturated carbocycles. The zero-order chi connectivity index (χ0) is 11.7. The van der Waals surface area contributed by atoms with Crippen LogP contribution < -0.4 is 0 Å². The van der Waals surface area contributed by atoms with Crippen molar-refractivity contribution in [3.63, 3.8) is 0 Å². The molecule has 17 heavy (non-hydrogen) atoms. The van der Waals surface area contributed by atoms with Crippen molar-refractivity contribution in [2.75, 3.05) is 26.2 Å². The molecule has 3 saturated heterocycles. The van der Waals surface area contributed by atoms with Gasteiger partial charge in [0.15, 0.2) is 0 Å². The van der Waals surface area contributed by atoms with Crippen molar-refractivity contribution in [3.05, 3.63) is 35.4 Å². The van der Waals surface area contributed by atoms with Crippen LogP contribution in [0.25, 0.3) is 0 Å². The molecule has 1 N–H and O–H groups in total. The molecule has 3 aliphatic rings. The van der Waals surface area contributed by atoms with Crippen LogP contribution in [0.4, 0.5) is 0 Å². The van der Waals surface area contributed by atoms with Gasteiger partial charge in [0.2, 0.25) is 0 Å². The Bertz CT molecular complexity index is 365. The first kappa shape index (κ1) is 11.2. The Balaban J connectivity index is 1.75. The van der Waals surface area contributed by atoms with E-state index in [1.807, 2.05) is 0 Å². The van der Waals surface area contributed by atoms with Crippen LogP contribution in [0.5, 0.6) is 0 Å². The van der Waals surface area contributed by atoms with E-state index in [9.17, 15) is 0 Å². The van der Waals surface area contributed by atoms with Gasteiger partial charge in [-0.3, -0.25) is 0 Å². The molecule has 0 radical (unpaired) electrons. The lowest BCUT2D eigenvalue weighted by molar-refractivity contribution is 0.0871. The predicted octanol–water partition coefficient (Wildman–Crippen LogP) is 2.03. The lowest BCUT2D eigenvalue weighted by Crippen LogP contribution is -2.46. The third kappa shape index (κ3) is 2.24. The Morgan fingerprint density at radius 3 is 2.35 bits per heavy atom. The second-order valence-electron chi connectivity index (χ2n) is 5.46. The minimum absolute atomic E-state index is 0.249. The summed E-state index contributed by atoms with van der Waals surface area (Å²) in [6.07, 6.45) is 3.53. The van der Waals surface area contributed by atoms with Crippen LogP contribution in [0.3, 0.4) is 0 Å². The van der Waals surface area contributed by atoms with Gasteiger partial charge in [-0.15, -0.1) is 0 Å². The fourth-order valence-electron chi connectivity index (χ4n) is 3.40. The molecule has 0 spiro atoms. The van der Waals surface area contributed by atoms with Gasteiger partial charge in [0.05, 0.1) is 0 Å². The minimum atomic E-state index is 0.249. The summed E-state index contributed by atoms with van der Waals surface area (Å²) in [5, 5.41) is 8.92. The first-order valence-corrected chi connectivity index (χ1v) is 6.79. The van der Waals surface area contributed by atoms with E-state index >= 15 is 0 Å². The van der Waals surface area contributed by atoms with E-state index in [1.165, 1.54) is 43.6 Å². The number of rotatable bonds is 3. The Hall–Kier alpha value is -0.860. The van der Waals surface area contributed by atoms with Gasteiger partial charge < -0.3 is 10.0 Å². The summed E-state index contributed by atoms with van der Waals surface area (Å²) in [5.41, 5.74) is 2.75. The molecule has 0 aliphatic carbocycles. The van der Waals surface area contributed by atoms with Crippen molar-refractivity contribution >= 4 is 0 Å². The Labute approximate surface area is 103 Å². The highest BCUT2D eigenvalue weighted by atomic mass is 16.2. The Kier molecular flexibility index (Phi) is 3.17. The van der Waals surface area contributed by atoms with Crippen molar-refractivity contribution in [2.24, 2.45) is 5.92 Å². The number of nitrogens with zero attached hydrogens (tertiary/aromatic N) is 1. The highest BCUT2D eigenvalue weighted by Gasteiger charge is 2.34. The van der Waals surface area contributed by atoms with Crippen LogP contribution >= 0.6 is 0 Å². The molecule has 0 aromatic heterocycles. The molecule has 1 atom stereocenters. The van der Waals surface area contributed by atoms with Gasteiger partial charge in [0, 0.05) is 13.2 Å². The van der Waals surface area contributed by atoms with E-state index in [1.54, 1.807) is 0 Å². The van der Waals surface area contributed by atoms with Crippen molar-refractivity contribution in [3.8, 4) is 0 Å². The molecule has 3 fully saturated rings. The second kappa shape index (κ2) is 4.79. The summed E-state index contributed by atoms with van der Waals surface area (Å²) in [6, 6.07) is 8.92. The van der Waals surface area contributed by atoms with Crippen LogP contribution in [0.2, 0.25) is 0 Å². The van der Waals surface area contributed by atoms with E-state index in [0.29, 0.717) is 0 Å². The van der Waals surface area contributed by atoms with Crippen LogP contribution in [0.15, 0.2) is 24.3 Å². The molecule has 0 amide bonds. The van der Waals surface area contributed by atoms with Gasteiger partial charge in [0.1, 0.15) is 0 Å². The SMILES string of the molecule is OCCc1ccc(C2CN3CCC2CC3)cc1. The normalized spacial score (nSPS) is 31.7. The molecule has 2 nitrogen and oxygen atoms in total. The standard InChI is InChI=1S/C15H21NO/c17-10-7-12-1-3-13(4-2-12)15-11-16-8-5-14(15)6-9-16/h1-4,14-15,17H,5-11H2. The summed E-state index contributed by atoms with van der Waals surface area (Å²) >= 11 is 0. The fourth-order valence-corrected chi connectivity index (χ4v) is 3.40. The molecule has 3 heterocycles. The second-order valence-corrected chi connectivity index (χ2v) is 5.46. The van der Waals surface area contributed by atoms with Crippen molar-refractivity contribution < 1.29 is 5.11 Å². The number of aliphatic hydroxyl groups is 1. The molecule has 3 aliphatic heterocycles. The lowest BCUT2D eigenvalue weighted by Gasteiger charge is -2.45. The van der Waals surface area contributed by atoms with E-state index in [2.05, 4.69) is 29.2 Å². The molecule has 2 heteroatoms. The van der Waals surface area contributed by atoms with Gasteiger partial charge in [-0.2, -0.15) is 0 Å². The molecule has 1 aromatic rings. The van der Waals surface area contributed by atoms with Gasteiger partial charge in [-0.1, -0.05) is 24.3 Å². The lowest BCUT2D eigenvalue weighted by atomic mass is 9.75. The predicted molar refractivity (Wildman–Crippen MR) is 69.1 cm³/mol. The largest absolute Gasteiger partial charge is 0.396 e. The number of hydrogen-bond acceptors (Lipinski definition) is 2. The number of piperidine rings is 3. The average molecular weight is 231 g/mol. The highest BCUT2D eigenvalue weighted by Crippen LogP contribution is 2.38. The number of hydrogen-bond donors (Lipinski definition) is 1. The summed E-state index contributed by atoms with van der Waals surface area (Å²) in [6.45, 7) is 4.12. The van der Waals surface area contributed by atoms with Crippen LogP contribution in [0, 0.1) is 5.92 Å². The van der Waals surface area contributed by atoms with Crippen LogP contribution in [-0.2, 0) is 6.42 Å². The van der Waals surface area contributed by atoms with Crippen LogP contribution in [0.1, 0.15) is 29.9 Å². The molecule has 4 rings (SSSR count). The van der Waals surface area contributed by atoms with Gasteiger partial charge in [-0.05, 0) is 55.3 Å². The number of fused-ring (bicyclic) bond motifs is 3. The molecule has 1 aromatic carbocycles. The maximum atomic E-state index is 8.92. The number of benzene rings is 1. The average Bonchev–Trinajstić information content (AvgIpc) is 2.41. The van der Waals surface area contributed by atoms with Gasteiger partial charge in [-0.25, -0.2) is 0 Å².